The van der Waals surface area contributed by atoms with E-state index < -0.39 is 18.2 Å². The van der Waals surface area contributed by atoms with Gasteiger partial charge in [0.1, 0.15) is 13.6 Å². The Kier molecular flexibility index (Phi) is 12.5. The smallest absolute Gasteiger partial charge is 0.410 e. The first-order valence-corrected chi connectivity index (χ1v) is 19.4. The van der Waals surface area contributed by atoms with Crippen molar-refractivity contribution in [2.24, 2.45) is 11.8 Å². The lowest BCUT2D eigenvalue weighted by molar-refractivity contribution is -0.143. The summed E-state index contributed by atoms with van der Waals surface area (Å²) < 4.78 is 6.38. The van der Waals surface area contributed by atoms with E-state index >= 15 is 0 Å². The number of rotatable bonds is 9. The summed E-state index contributed by atoms with van der Waals surface area (Å²) in [6.07, 6.45) is 3.45. The topological polar surface area (TPSA) is 160 Å². The molecular formula is C38H47BBrN5O8. The number of carboxylic acid groups (broad SMARTS) is 1. The molecule has 13 nitrogen and oxygen atoms in total. The van der Waals surface area contributed by atoms with E-state index in [-0.39, 0.29) is 54.4 Å². The fourth-order valence-corrected chi connectivity index (χ4v) is 8.79. The molecule has 1 atom stereocenters. The van der Waals surface area contributed by atoms with E-state index in [0.717, 1.165) is 43.4 Å². The fraction of sp³-hybridized carbons (Fsp3) is 0.553. The first kappa shape index (κ1) is 38.5. The fourth-order valence-electron chi connectivity index (χ4n) is 8.27. The summed E-state index contributed by atoms with van der Waals surface area (Å²) >= 11 is 3.32. The third kappa shape index (κ3) is 9.46. The summed E-state index contributed by atoms with van der Waals surface area (Å²) in [4.78, 5) is 71.1. The van der Waals surface area contributed by atoms with Gasteiger partial charge in [-0.3, -0.25) is 14.4 Å². The van der Waals surface area contributed by atoms with Crippen molar-refractivity contribution in [2.45, 2.75) is 76.4 Å². The van der Waals surface area contributed by atoms with Crippen molar-refractivity contribution in [3.63, 3.8) is 0 Å². The Balaban J connectivity index is 1.04. The van der Waals surface area contributed by atoms with Crippen LogP contribution in [0.3, 0.4) is 0 Å². The highest BCUT2D eigenvalue weighted by molar-refractivity contribution is 9.10. The van der Waals surface area contributed by atoms with Crippen LogP contribution in [0.1, 0.15) is 62.5 Å². The number of nitrogens with one attached hydrogen (secondary N) is 1. The summed E-state index contributed by atoms with van der Waals surface area (Å²) in [5.41, 5.74) is 2.69. The number of para-hydroxylation sites is 1. The number of amides is 5. The number of carbonyl (C=O) groups excluding carboxylic acids is 4. The van der Waals surface area contributed by atoms with Gasteiger partial charge in [0, 0.05) is 70.4 Å². The van der Waals surface area contributed by atoms with Crippen LogP contribution in [0.2, 0.25) is 0 Å². The van der Waals surface area contributed by atoms with Gasteiger partial charge in [-0.1, -0.05) is 29.7 Å². The Hall–Kier alpha value is -4.27. The number of urea groups is 1. The highest BCUT2D eigenvalue weighted by Gasteiger charge is 2.37. The minimum absolute atomic E-state index is 0.0190. The summed E-state index contributed by atoms with van der Waals surface area (Å²) in [6, 6.07) is 10.9. The number of hydrogen-bond donors (Lipinski definition) is 3. The van der Waals surface area contributed by atoms with E-state index in [2.05, 4.69) is 21.2 Å². The van der Waals surface area contributed by atoms with Gasteiger partial charge in [-0.15, -0.1) is 0 Å². The Morgan fingerprint density at radius 2 is 1.49 bits per heavy atom. The lowest BCUT2D eigenvalue weighted by atomic mass is 9.78. The molecule has 0 unspecified atom stereocenters. The number of piperidine rings is 3. The predicted molar refractivity (Wildman–Crippen MR) is 201 cm³/mol. The van der Waals surface area contributed by atoms with Crippen LogP contribution in [0.25, 0.3) is 0 Å². The molecule has 282 valence electrons. The summed E-state index contributed by atoms with van der Waals surface area (Å²) in [6.45, 7) is 3.62. The largest absolute Gasteiger partial charge is 0.507 e. The van der Waals surface area contributed by atoms with Crippen molar-refractivity contribution < 1.29 is 38.9 Å². The maximum absolute atomic E-state index is 14.1. The molecule has 4 aliphatic heterocycles. The monoisotopic (exact) mass is 791 g/mol. The lowest BCUT2D eigenvalue weighted by Crippen LogP contribution is -2.52. The Bertz CT molecular complexity index is 1670. The van der Waals surface area contributed by atoms with Crippen LogP contribution in [0.4, 0.5) is 15.3 Å². The number of likely N-dealkylation sites (tertiary alicyclic amines) is 3. The average molecular weight is 793 g/mol. The molecule has 4 heterocycles. The second kappa shape index (κ2) is 17.3. The number of fused-ring (bicyclic) bond motifs is 1. The van der Waals surface area contributed by atoms with Crippen molar-refractivity contribution in [3.05, 3.63) is 52.0 Å². The number of halogens is 1. The molecule has 3 saturated heterocycles. The molecular weight excluding hydrogens is 745 g/mol. The van der Waals surface area contributed by atoms with Crippen LogP contribution in [0, 0.1) is 11.8 Å². The van der Waals surface area contributed by atoms with Crippen LogP contribution in [-0.4, -0.2) is 126 Å². The molecule has 0 saturated carbocycles. The average Bonchev–Trinajstić information content (AvgIpc) is 3.33. The molecule has 5 amide bonds. The predicted octanol–water partition coefficient (Wildman–Crippen LogP) is 3.89. The van der Waals surface area contributed by atoms with Crippen molar-refractivity contribution >= 4 is 64.8 Å². The van der Waals surface area contributed by atoms with Crippen molar-refractivity contribution in [1.82, 2.24) is 19.6 Å². The van der Waals surface area contributed by atoms with E-state index in [9.17, 15) is 29.1 Å². The molecule has 2 aromatic rings. The van der Waals surface area contributed by atoms with Gasteiger partial charge >= 0.3 is 18.1 Å². The van der Waals surface area contributed by atoms with Crippen LogP contribution >= 0.6 is 15.9 Å². The number of ether oxygens (including phenoxy) is 1. The molecule has 0 aromatic heterocycles. The molecule has 15 heteroatoms. The number of anilines is 1. The molecule has 53 heavy (non-hydrogen) atoms. The maximum Gasteiger partial charge on any atom is 0.410 e. The second-order valence-electron chi connectivity index (χ2n) is 14.6. The number of phenolic OH excluding ortho intramolecular Hbond substituents is 1. The molecule has 6 rings (SSSR count). The molecule has 3 fully saturated rings. The number of benzene rings is 2. The summed E-state index contributed by atoms with van der Waals surface area (Å²) in [5.74, 6) is -0.662. The minimum Gasteiger partial charge on any atom is -0.507 e. The van der Waals surface area contributed by atoms with Crippen LogP contribution in [0.15, 0.2) is 40.9 Å². The Morgan fingerprint density at radius 3 is 2.13 bits per heavy atom. The van der Waals surface area contributed by atoms with Gasteiger partial charge in [-0.2, -0.15) is 0 Å². The van der Waals surface area contributed by atoms with Gasteiger partial charge in [0.2, 0.25) is 5.91 Å². The standard InChI is InChI=1S/C38H47BBrN5O8/c39-29-21-24(22-30(40)35(29)49)23-32(36(50)43-16-9-26(10-17-43)25-7-14-42(15-8-25)33(46)5-6-34(47)48)53-38(52)44-18-12-28(13-19-44)45-20-11-27-3-1-2-4-31(27)41-37(45)51/h1-4,21-22,25-26,28,32,49H,5-20,23H2,(H,41,51)(H,47,48)/t32-/m1/s1. The number of aromatic hydroxyl groups is 1. The normalized spacial score (nSPS) is 19.6. The highest BCUT2D eigenvalue weighted by Crippen LogP contribution is 2.34. The maximum atomic E-state index is 14.1. The van der Waals surface area contributed by atoms with E-state index in [4.69, 9.17) is 17.7 Å². The Morgan fingerprint density at radius 1 is 0.868 bits per heavy atom. The van der Waals surface area contributed by atoms with Gasteiger partial charge in [-0.05, 0) is 96.0 Å². The number of hydrogen-bond acceptors (Lipinski definition) is 7. The third-order valence-electron chi connectivity index (χ3n) is 11.4. The lowest BCUT2D eigenvalue weighted by Gasteiger charge is -2.41. The van der Waals surface area contributed by atoms with Gasteiger partial charge in [0.05, 0.1) is 10.9 Å². The number of aliphatic carboxylic acids is 1. The SMILES string of the molecule is [B]c1cc(C[C@@H](OC(=O)N2CCC(N3CCc4ccccc4NC3=O)CC2)C(=O)N2CCC(C3CCN(C(=O)CCC(=O)O)CC3)CC2)cc(Br)c1O. The zero-order valence-electron chi connectivity index (χ0n) is 29.9. The first-order valence-electron chi connectivity index (χ1n) is 18.6. The van der Waals surface area contributed by atoms with E-state index in [1.165, 1.54) is 0 Å². The van der Waals surface area contributed by atoms with Gasteiger partial charge in [-0.25, -0.2) is 9.59 Å². The van der Waals surface area contributed by atoms with Crippen molar-refractivity contribution in [3.8, 4) is 5.75 Å². The molecule has 3 N–H and O–H groups in total. The molecule has 2 radical (unpaired) electrons. The molecule has 0 aliphatic carbocycles. The van der Waals surface area contributed by atoms with Crippen molar-refractivity contribution in [1.29, 1.82) is 0 Å². The van der Waals surface area contributed by atoms with Crippen LogP contribution in [-0.2, 0) is 32.0 Å². The quantitative estimate of drug-likeness (QED) is 0.323. The van der Waals surface area contributed by atoms with Gasteiger partial charge < -0.3 is 39.9 Å². The second-order valence-corrected chi connectivity index (χ2v) is 15.5. The summed E-state index contributed by atoms with van der Waals surface area (Å²) in [7, 11) is 6.02. The van der Waals surface area contributed by atoms with Crippen LogP contribution in [0.5, 0.6) is 5.75 Å². The van der Waals surface area contributed by atoms with Crippen LogP contribution < -0.4 is 10.8 Å². The van der Waals surface area contributed by atoms with Gasteiger partial charge in [0.15, 0.2) is 6.10 Å². The summed E-state index contributed by atoms with van der Waals surface area (Å²) in [5, 5.41) is 22.1. The number of nitrogens with zero attached hydrogens (tertiary/aromatic N) is 4. The van der Waals surface area contributed by atoms with E-state index in [1.807, 2.05) is 29.2 Å². The molecule has 2 aromatic carbocycles. The van der Waals surface area contributed by atoms with E-state index in [1.54, 1.807) is 26.8 Å². The highest BCUT2D eigenvalue weighted by atomic mass is 79.9. The molecule has 0 spiro atoms. The van der Waals surface area contributed by atoms with Gasteiger partial charge in [0.25, 0.3) is 5.91 Å². The minimum atomic E-state index is -1.11. The van der Waals surface area contributed by atoms with E-state index in [0.29, 0.717) is 80.5 Å². The molecule has 0 bridgehead atoms. The Labute approximate surface area is 319 Å². The number of carbonyl (C=O) groups is 5. The molecule has 4 aliphatic rings. The first-order chi connectivity index (χ1) is 25.5. The number of phenols is 1. The van der Waals surface area contributed by atoms with Crippen molar-refractivity contribution in [2.75, 3.05) is 51.1 Å². The zero-order chi connectivity index (χ0) is 37.6. The third-order valence-corrected chi connectivity index (χ3v) is 12.0. The number of carboxylic acids is 1. The zero-order valence-corrected chi connectivity index (χ0v) is 31.5.